The van der Waals surface area contributed by atoms with Gasteiger partial charge < -0.3 is 5.11 Å². The Balaban J connectivity index is 2.56. The Morgan fingerprint density at radius 1 is 1.40 bits per heavy atom. The molecule has 0 aliphatic heterocycles. The molecule has 0 bridgehead atoms. The van der Waals surface area contributed by atoms with Crippen LogP contribution in [-0.4, -0.2) is 10.1 Å². The second kappa shape index (κ2) is 3.76. The van der Waals surface area contributed by atoms with Crippen molar-refractivity contribution in [2.24, 2.45) is 0 Å². The van der Waals surface area contributed by atoms with E-state index in [2.05, 4.69) is 10.9 Å². The zero-order valence-corrected chi connectivity index (χ0v) is 9.01. The number of para-hydroxylation sites is 1. The minimum absolute atomic E-state index is 0.231. The maximum Gasteiger partial charge on any atom is 0.128 e. The van der Waals surface area contributed by atoms with E-state index in [1.54, 1.807) is 12.1 Å². The summed E-state index contributed by atoms with van der Waals surface area (Å²) in [7, 11) is 0. The lowest BCUT2D eigenvalue weighted by molar-refractivity contribution is 0.477. The quantitative estimate of drug-likeness (QED) is 0.742. The van der Waals surface area contributed by atoms with E-state index >= 15 is 0 Å². The maximum atomic E-state index is 9.65. The highest BCUT2D eigenvalue weighted by atomic mass is 32.1. The van der Waals surface area contributed by atoms with Crippen LogP contribution in [0.25, 0.3) is 10.6 Å². The molecule has 2 aromatic rings. The number of hydrogen-bond donors (Lipinski definition) is 1. The van der Waals surface area contributed by atoms with Crippen LogP contribution in [0.3, 0.4) is 0 Å². The fourth-order valence-corrected chi connectivity index (χ4v) is 2.21. The van der Waals surface area contributed by atoms with Crippen LogP contribution in [0.15, 0.2) is 24.3 Å². The Hall–Kier alpha value is -1.79. The fraction of sp³-hybridized carbons (Fsp3) is 0.0833. The number of aromatic nitrogens is 1. The highest BCUT2D eigenvalue weighted by Crippen LogP contribution is 2.32. The average molecular weight is 215 g/mol. The van der Waals surface area contributed by atoms with Gasteiger partial charge in [0.05, 0.1) is 5.56 Å². The van der Waals surface area contributed by atoms with Gasteiger partial charge in [0.1, 0.15) is 16.5 Å². The number of aryl methyl sites for hydroxylation is 1. The molecule has 15 heavy (non-hydrogen) atoms. The van der Waals surface area contributed by atoms with Gasteiger partial charge in [0, 0.05) is 4.88 Å². The molecule has 1 N–H and O–H groups in total. The third-order valence-corrected chi connectivity index (χ3v) is 3.07. The first-order valence-corrected chi connectivity index (χ1v) is 5.26. The molecule has 0 spiro atoms. The van der Waals surface area contributed by atoms with Gasteiger partial charge in [0.2, 0.25) is 0 Å². The van der Waals surface area contributed by atoms with Crippen molar-refractivity contribution in [3.63, 3.8) is 0 Å². The third kappa shape index (κ3) is 1.72. The maximum absolute atomic E-state index is 9.65. The number of nitrogens with zero attached hydrogens (tertiary/aromatic N) is 1. The van der Waals surface area contributed by atoms with Crippen molar-refractivity contribution in [1.29, 1.82) is 0 Å². The molecular formula is C12H9NOS. The summed E-state index contributed by atoms with van der Waals surface area (Å²) in [5, 5.41) is 10.4. The van der Waals surface area contributed by atoms with E-state index in [4.69, 9.17) is 6.42 Å². The first-order chi connectivity index (χ1) is 7.22. The lowest BCUT2D eigenvalue weighted by atomic mass is 10.2. The van der Waals surface area contributed by atoms with Crippen molar-refractivity contribution < 1.29 is 5.11 Å². The lowest BCUT2D eigenvalue weighted by Gasteiger charge is -1.98. The molecule has 74 valence electrons. The summed E-state index contributed by atoms with van der Waals surface area (Å²) in [4.78, 5) is 5.28. The average Bonchev–Trinajstić information content (AvgIpc) is 2.60. The van der Waals surface area contributed by atoms with Gasteiger partial charge in [0.25, 0.3) is 0 Å². The molecule has 0 unspecified atom stereocenters. The van der Waals surface area contributed by atoms with E-state index in [9.17, 15) is 5.11 Å². The molecule has 0 aliphatic rings. The number of hydrogen-bond acceptors (Lipinski definition) is 3. The van der Waals surface area contributed by atoms with Crippen LogP contribution in [0.4, 0.5) is 0 Å². The SMILES string of the molecule is C#Cc1nc(-c2ccccc2O)sc1C. The fourth-order valence-electron chi connectivity index (χ4n) is 1.30. The first-order valence-electron chi connectivity index (χ1n) is 4.45. The molecule has 3 heteroatoms. The smallest absolute Gasteiger partial charge is 0.128 e. The summed E-state index contributed by atoms with van der Waals surface area (Å²) in [6.07, 6.45) is 5.31. The monoisotopic (exact) mass is 215 g/mol. The predicted molar refractivity (Wildman–Crippen MR) is 61.9 cm³/mol. The normalized spacial score (nSPS) is 9.87. The number of terminal acetylenes is 1. The minimum Gasteiger partial charge on any atom is -0.507 e. The van der Waals surface area contributed by atoms with Gasteiger partial charge >= 0.3 is 0 Å². The number of phenols is 1. The number of benzene rings is 1. The highest BCUT2D eigenvalue weighted by Gasteiger charge is 2.10. The Bertz CT molecular complexity index is 537. The van der Waals surface area contributed by atoms with E-state index in [-0.39, 0.29) is 5.75 Å². The van der Waals surface area contributed by atoms with Crippen LogP contribution in [0.1, 0.15) is 10.6 Å². The molecule has 2 nitrogen and oxygen atoms in total. The molecule has 0 saturated carbocycles. The largest absolute Gasteiger partial charge is 0.507 e. The minimum atomic E-state index is 0.231. The van der Waals surface area contributed by atoms with Crippen LogP contribution < -0.4 is 0 Å². The lowest BCUT2D eigenvalue weighted by Crippen LogP contribution is -1.79. The molecule has 1 heterocycles. The van der Waals surface area contributed by atoms with Gasteiger partial charge in [-0.05, 0) is 25.0 Å². The zero-order chi connectivity index (χ0) is 10.8. The number of thiazole rings is 1. The second-order valence-corrected chi connectivity index (χ2v) is 4.29. The summed E-state index contributed by atoms with van der Waals surface area (Å²) >= 11 is 1.49. The second-order valence-electron chi connectivity index (χ2n) is 3.09. The molecule has 0 amide bonds. The van der Waals surface area contributed by atoms with Crippen LogP contribution >= 0.6 is 11.3 Å². The van der Waals surface area contributed by atoms with Gasteiger partial charge in [0.15, 0.2) is 0 Å². The molecule has 2 rings (SSSR count). The summed E-state index contributed by atoms with van der Waals surface area (Å²) in [5.74, 6) is 2.75. The molecule has 0 fully saturated rings. The zero-order valence-electron chi connectivity index (χ0n) is 8.19. The highest BCUT2D eigenvalue weighted by molar-refractivity contribution is 7.15. The Morgan fingerprint density at radius 3 is 2.73 bits per heavy atom. The number of aromatic hydroxyl groups is 1. The summed E-state index contributed by atoms with van der Waals surface area (Å²) in [6.45, 7) is 1.93. The van der Waals surface area contributed by atoms with Gasteiger partial charge in [-0.15, -0.1) is 17.8 Å². The van der Waals surface area contributed by atoms with Crippen LogP contribution in [-0.2, 0) is 0 Å². The van der Waals surface area contributed by atoms with E-state index < -0.39 is 0 Å². The number of phenolic OH excluding ortho intramolecular Hbond substituents is 1. The van der Waals surface area contributed by atoms with Crippen molar-refractivity contribution in [3.8, 4) is 28.7 Å². The van der Waals surface area contributed by atoms with Crippen molar-refractivity contribution in [3.05, 3.63) is 34.8 Å². The van der Waals surface area contributed by atoms with E-state index in [1.165, 1.54) is 11.3 Å². The van der Waals surface area contributed by atoms with Crippen molar-refractivity contribution in [2.45, 2.75) is 6.92 Å². The molecule has 0 radical (unpaired) electrons. The summed E-state index contributed by atoms with van der Waals surface area (Å²) < 4.78 is 0. The van der Waals surface area contributed by atoms with Crippen LogP contribution in [0, 0.1) is 19.3 Å². The topological polar surface area (TPSA) is 33.1 Å². The number of rotatable bonds is 1. The summed E-state index contributed by atoms with van der Waals surface area (Å²) in [5.41, 5.74) is 1.38. The van der Waals surface area contributed by atoms with E-state index in [0.717, 1.165) is 15.4 Å². The predicted octanol–water partition coefficient (Wildman–Crippen LogP) is 2.81. The molecule has 1 aromatic carbocycles. The van der Waals surface area contributed by atoms with Gasteiger partial charge in [-0.1, -0.05) is 12.1 Å². The van der Waals surface area contributed by atoms with Gasteiger partial charge in [-0.3, -0.25) is 0 Å². The molecular weight excluding hydrogens is 206 g/mol. The Labute approximate surface area is 92.2 Å². The third-order valence-electron chi connectivity index (χ3n) is 2.07. The van der Waals surface area contributed by atoms with Gasteiger partial charge in [-0.25, -0.2) is 4.98 Å². The molecule has 1 aromatic heterocycles. The van der Waals surface area contributed by atoms with E-state index in [1.807, 2.05) is 19.1 Å². The Morgan fingerprint density at radius 2 is 2.13 bits per heavy atom. The first kappa shape index (κ1) is 9.75. The van der Waals surface area contributed by atoms with Crippen molar-refractivity contribution in [2.75, 3.05) is 0 Å². The molecule has 0 saturated heterocycles. The summed E-state index contributed by atoms with van der Waals surface area (Å²) in [6, 6.07) is 7.11. The molecule has 0 aliphatic carbocycles. The standard InChI is InChI=1S/C12H9NOS/c1-3-10-8(2)15-12(13-10)9-6-4-5-7-11(9)14/h1,4-7,14H,2H3. The van der Waals surface area contributed by atoms with Crippen molar-refractivity contribution >= 4 is 11.3 Å². The van der Waals surface area contributed by atoms with Crippen LogP contribution in [0.5, 0.6) is 5.75 Å². The molecule has 0 atom stereocenters. The van der Waals surface area contributed by atoms with Crippen LogP contribution in [0.2, 0.25) is 0 Å². The van der Waals surface area contributed by atoms with Crippen molar-refractivity contribution in [1.82, 2.24) is 4.98 Å². The van der Waals surface area contributed by atoms with Gasteiger partial charge in [-0.2, -0.15) is 0 Å². The van der Waals surface area contributed by atoms with E-state index in [0.29, 0.717) is 5.69 Å². The Kier molecular flexibility index (Phi) is 2.44.